The van der Waals surface area contributed by atoms with Crippen LogP contribution < -0.4 is 16.0 Å². The second-order valence-electron chi connectivity index (χ2n) is 10.9. The Kier molecular flexibility index (Phi) is 11.3. The summed E-state index contributed by atoms with van der Waals surface area (Å²) in [4.78, 5) is 45.7. The molecule has 0 saturated heterocycles. The number of nitrogens with zero attached hydrogens (tertiary/aromatic N) is 1. The highest BCUT2D eigenvalue weighted by atomic mass is 79.9. The van der Waals surface area contributed by atoms with Crippen LogP contribution in [0.15, 0.2) is 154 Å². The molecule has 0 fully saturated rings. The second-order valence-corrected chi connectivity index (χ2v) is 13.8. The van der Waals surface area contributed by atoms with Crippen LogP contribution in [0.3, 0.4) is 0 Å². The molecule has 0 aliphatic carbocycles. The van der Waals surface area contributed by atoms with Crippen molar-refractivity contribution in [3.63, 3.8) is 0 Å². The summed E-state index contributed by atoms with van der Waals surface area (Å²) in [5.41, 5.74) is 3.82. The number of hydrogen-bond acceptors (Lipinski definition) is 6. The first-order chi connectivity index (χ1) is 24.3. The van der Waals surface area contributed by atoms with Crippen LogP contribution in [0.2, 0.25) is 0 Å². The van der Waals surface area contributed by atoms with Gasteiger partial charge in [-0.3, -0.25) is 14.4 Å². The van der Waals surface area contributed by atoms with Crippen molar-refractivity contribution in [3.8, 4) is 11.3 Å². The number of nitrogens with one attached hydrogen (secondary N) is 3. The smallest absolute Gasteiger partial charge is 0.272 e. The molecule has 6 rings (SSSR count). The summed E-state index contributed by atoms with van der Waals surface area (Å²) in [7, 11) is 0. The fourth-order valence-corrected chi connectivity index (χ4v) is 6.88. The average Bonchev–Trinajstić information content (AvgIpc) is 3.60. The van der Waals surface area contributed by atoms with Gasteiger partial charge < -0.3 is 16.0 Å². The first-order valence-corrected chi connectivity index (χ1v) is 17.8. The lowest BCUT2D eigenvalue weighted by atomic mass is 10.1. The van der Waals surface area contributed by atoms with Crippen LogP contribution in [0, 0.1) is 5.82 Å². The molecule has 3 N–H and O–H groups in total. The number of thiazole rings is 1. The standard InChI is InChI=1S/C39H28BrFN4O3S2/c40-29-18-14-25(15-19-29)22-33(43-36(46)28-10-5-2-6-11-28)37(47)42-31-12-7-13-32(23-31)50-35(27-8-3-1-4-9-27)38(48)45-39-44-34(24-49-39)26-16-20-30(41)21-17-26/h1-24,35H,(H,42,47)(H,43,46)(H,44,45,48)/b33-22-. The van der Waals surface area contributed by atoms with E-state index in [1.807, 2.05) is 66.7 Å². The minimum atomic E-state index is -0.654. The van der Waals surface area contributed by atoms with Gasteiger partial charge in [-0.25, -0.2) is 9.37 Å². The molecule has 248 valence electrons. The molecule has 1 heterocycles. The minimum Gasteiger partial charge on any atom is -0.321 e. The van der Waals surface area contributed by atoms with E-state index in [0.717, 1.165) is 26.1 Å². The number of rotatable bonds is 11. The van der Waals surface area contributed by atoms with Crippen molar-refractivity contribution in [1.82, 2.24) is 10.3 Å². The fraction of sp³-hybridized carbons (Fsp3) is 0.0256. The van der Waals surface area contributed by atoms with Crippen molar-refractivity contribution in [3.05, 3.63) is 172 Å². The summed E-state index contributed by atoms with van der Waals surface area (Å²) in [6.07, 6.45) is 1.61. The lowest BCUT2D eigenvalue weighted by Gasteiger charge is -2.17. The molecule has 0 radical (unpaired) electrons. The van der Waals surface area contributed by atoms with Gasteiger partial charge in [0.15, 0.2) is 5.13 Å². The van der Waals surface area contributed by atoms with Crippen molar-refractivity contribution in [2.45, 2.75) is 10.1 Å². The van der Waals surface area contributed by atoms with E-state index in [1.54, 1.807) is 66.1 Å². The Hall–Kier alpha value is -5.36. The van der Waals surface area contributed by atoms with E-state index in [9.17, 15) is 18.8 Å². The highest BCUT2D eigenvalue weighted by Crippen LogP contribution is 2.38. The zero-order chi connectivity index (χ0) is 34.9. The van der Waals surface area contributed by atoms with Crippen LogP contribution in [-0.2, 0) is 9.59 Å². The fourth-order valence-electron chi connectivity index (χ4n) is 4.81. The van der Waals surface area contributed by atoms with Crippen molar-refractivity contribution in [2.24, 2.45) is 0 Å². The molecular weight excluding hydrogens is 735 g/mol. The molecule has 1 unspecified atom stereocenters. The molecule has 1 aromatic heterocycles. The number of benzene rings is 5. The van der Waals surface area contributed by atoms with E-state index in [-0.39, 0.29) is 17.4 Å². The third-order valence-electron chi connectivity index (χ3n) is 7.27. The van der Waals surface area contributed by atoms with E-state index in [0.29, 0.717) is 22.1 Å². The SMILES string of the molecule is O=C(Nc1cccc(SC(C(=O)Nc2nc(-c3ccc(F)cc3)cs2)c2ccccc2)c1)/C(=C/c1ccc(Br)cc1)NC(=O)c1ccccc1. The summed E-state index contributed by atoms with van der Waals surface area (Å²) in [6, 6.07) is 38.5. The van der Waals surface area contributed by atoms with Gasteiger partial charge in [-0.2, -0.15) is 0 Å². The summed E-state index contributed by atoms with van der Waals surface area (Å²) >= 11 is 6.02. The molecule has 0 aliphatic rings. The third-order valence-corrected chi connectivity index (χ3v) is 9.80. The Morgan fingerprint density at radius 3 is 2.22 bits per heavy atom. The monoisotopic (exact) mass is 762 g/mol. The molecule has 1 atom stereocenters. The van der Waals surface area contributed by atoms with Crippen LogP contribution in [0.1, 0.15) is 26.7 Å². The van der Waals surface area contributed by atoms with Gasteiger partial charge in [0, 0.05) is 31.6 Å². The largest absolute Gasteiger partial charge is 0.321 e. The summed E-state index contributed by atoms with van der Waals surface area (Å²) in [5, 5.41) is 10.2. The number of carbonyl (C=O) groups is 3. The maximum absolute atomic E-state index is 13.7. The van der Waals surface area contributed by atoms with Gasteiger partial charge in [0.2, 0.25) is 5.91 Å². The van der Waals surface area contributed by atoms with Crippen LogP contribution in [0.4, 0.5) is 15.2 Å². The molecule has 7 nitrogen and oxygen atoms in total. The van der Waals surface area contributed by atoms with Gasteiger partial charge in [-0.05, 0) is 83.9 Å². The molecule has 3 amide bonds. The van der Waals surface area contributed by atoms with Gasteiger partial charge in [-0.1, -0.05) is 82.7 Å². The number of anilines is 2. The molecule has 0 bridgehead atoms. The predicted octanol–water partition coefficient (Wildman–Crippen LogP) is 9.59. The van der Waals surface area contributed by atoms with Gasteiger partial charge in [0.05, 0.1) is 5.69 Å². The van der Waals surface area contributed by atoms with Gasteiger partial charge in [-0.15, -0.1) is 23.1 Å². The van der Waals surface area contributed by atoms with E-state index in [2.05, 4.69) is 36.9 Å². The van der Waals surface area contributed by atoms with Crippen LogP contribution >= 0.6 is 39.0 Å². The normalized spacial score (nSPS) is 11.8. The molecule has 6 aromatic rings. The maximum Gasteiger partial charge on any atom is 0.272 e. The Morgan fingerprint density at radius 2 is 1.50 bits per heavy atom. The third kappa shape index (κ3) is 9.20. The zero-order valence-corrected chi connectivity index (χ0v) is 29.4. The van der Waals surface area contributed by atoms with Crippen LogP contribution in [0.5, 0.6) is 0 Å². The number of hydrogen-bond donors (Lipinski definition) is 3. The molecule has 5 aromatic carbocycles. The number of aromatic nitrogens is 1. The Bertz CT molecular complexity index is 2140. The molecule has 50 heavy (non-hydrogen) atoms. The summed E-state index contributed by atoms with van der Waals surface area (Å²) in [6.45, 7) is 0. The molecule has 0 saturated carbocycles. The minimum absolute atomic E-state index is 0.0595. The number of amides is 3. The first kappa shape index (κ1) is 34.5. The van der Waals surface area contributed by atoms with E-state index in [4.69, 9.17) is 0 Å². The van der Waals surface area contributed by atoms with Gasteiger partial charge in [0.1, 0.15) is 16.8 Å². The second kappa shape index (κ2) is 16.4. The maximum atomic E-state index is 13.7. The van der Waals surface area contributed by atoms with Crippen LogP contribution in [-0.4, -0.2) is 22.7 Å². The van der Waals surface area contributed by atoms with E-state index in [1.165, 1.54) is 35.2 Å². The van der Waals surface area contributed by atoms with Gasteiger partial charge >= 0.3 is 0 Å². The van der Waals surface area contributed by atoms with Crippen molar-refractivity contribution in [1.29, 1.82) is 0 Å². The first-order valence-electron chi connectivity index (χ1n) is 15.3. The number of carbonyl (C=O) groups excluding carboxylic acids is 3. The van der Waals surface area contributed by atoms with Crippen molar-refractivity contribution < 1.29 is 18.8 Å². The van der Waals surface area contributed by atoms with Crippen LogP contribution in [0.25, 0.3) is 17.3 Å². The van der Waals surface area contributed by atoms with E-state index >= 15 is 0 Å². The average molecular weight is 764 g/mol. The number of thioether (sulfide) groups is 1. The molecular formula is C39H28BrFN4O3S2. The molecule has 0 aliphatic heterocycles. The Balaban J connectivity index is 1.20. The molecule has 0 spiro atoms. The van der Waals surface area contributed by atoms with Gasteiger partial charge in [0.25, 0.3) is 11.8 Å². The Morgan fingerprint density at radius 1 is 0.800 bits per heavy atom. The zero-order valence-electron chi connectivity index (χ0n) is 26.2. The topological polar surface area (TPSA) is 100 Å². The lowest BCUT2D eigenvalue weighted by molar-refractivity contribution is -0.116. The predicted molar refractivity (Wildman–Crippen MR) is 202 cm³/mol. The summed E-state index contributed by atoms with van der Waals surface area (Å²) < 4.78 is 14.3. The highest BCUT2D eigenvalue weighted by Gasteiger charge is 2.24. The molecule has 11 heteroatoms. The van der Waals surface area contributed by atoms with Crippen molar-refractivity contribution in [2.75, 3.05) is 10.6 Å². The Labute approximate surface area is 304 Å². The quantitative estimate of drug-likeness (QED) is 0.0902. The van der Waals surface area contributed by atoms with E-state index < -0.39 is 17.1 Å². The highest BCUT2D eigenvalue weighted by molar-refractivity contribution is 9.10. The number of halogens is 2. The lowest BCUT2D eigenvalue weighted by Crippen LogP contribution is -2.30. The van der Waals surface area contributed by atoms with Crippen molar-refractivity contribution >= 4 is 73.6 Å². The summed E-state index contributed by atoms with van der Waals surface area (Å²) in [5.74, 6) is -1.55.